The van der Waals surface area contributed by atoms with Crippen LogP contribution in [0.15, 0.2) is 11.6 Å². The number of allylic oxidation sites excluding steroid dienone is 1. The second-order valence-electron chi connectivity index (χ2n) is 12.3. The molecular weight excluding hydrogens is 404 g/mol. The van der Waals surface area contributed by atoms with Gasteiger partial charge >= 0.3 is 5.97 Å². The molecule has 4 fully saturated rings. The molecule has 5 nitrogen and oxygen atoms in total. The van der Waals surface area contributed by atoms with Crippen LogP contribution >= 0.6 is 0 Å². The minimum atomic E-state index is -0.854. The average Bonchev–Trinajstić information content (AvgIpc) is 3.08. The summed E-state index contributed by atoms with van der Waals surface area (Å²) in [5, 5.41) is 42.3. The lowest BCUT2D eigenvalue weighted by atomic mass is 9.43. The van der Waals surface area contributed by atoms with Crippen LogP contribution in [0.4, 0.5) is 0 Å². The molecule has 11 atom stereocenters. The number of aliphatic carboxylic acids is 1. The van der Waals surface area contributed by atoms with Gasteiger partial charge in [-0.2, -0.15) is 0 Å². The van der Waals surface area contributed by atoms with Crippen LogP contribution in [0.5, 0.6) is 0 Å². The Bertz CT molecular complexity index is 748. The monoisotopic (exact) mass is 448 g/mol. The Balaban J connectivity index is 1.54. The SMILES string of the molecule is C/C(=C\CC[C@@H](C)[C@H]1CC[C@H]2[C@@H]3C(O)CC4CC(O)CC[C@]4(C)[C@H]3CC(O)[C@]12C)C(=O)O. The zero-order valence-corrected chi connectivity index (χ0v) is 20.3. The van der Waals surface area contributed by atoms with Crippen LogP contribution in [-0.4, -0.2) is 44.7 Å². The number of hydrogen-bond donors (Lipinski definition) is 4. The summed E-state index contributed by atoms with van der Waals surface area (Å²) >= 11 is 0. The molecule has 0 aromatic heterocycles. The van der Waals surface area contributed by atoms with E-state index in [1.54, 1.807) is 6.92 Å². The van der Waals surface area contributed by atoms with Crippen molar-refractivity contribution in [3.8, 4) is 0 Å². The highest BCUT2D eigenvalue weighted by molar-refractivity contribution is 5.85. The van der Waals surface area contributed by atoms with E-state index in [0.29, 0.717) is 35.2 Å². The van der Waals surface area contributed by atoms with Crippen LogP contribution in [-0.2, 0) is 4.79 Å². The number of aliphatic hydroxyl groups is 3. The van der Waals surface area contributed by atoms with E-state index in [-0.39, 0.29) is 35.1 Å². The van der Waals surface area contributed by atoms with Crippen molar-refractivity contribution in [2.75, 3.05) is 0 Å². The van der Waals surface area contributed by atoms with Crippen molar-refractivity contribution in [3.05, 3.63) is 11.6 Å². The van der Waals surface area contributed by atoms with Gasteiger partial charge in [0.05, 0.1) is 18.3 Å². The molecule has 182 valence electrons. The number of carboxylic acids is 1. The first-order valence-electron chi connectivity index (χ1n) is 12.9. The van der Waals surface area contributed by atoms with Crippen LogP contribution in [0, 0.1) is 46.3 Å². The highest BCUT2D eigenvalue weighted by Gasteiger charge is 2.65. The molecule has 0 heterocycles. The van der Waals surface area contributed by atoms with Crippen molar-refractivity contribution in [1.82, 2.24) is 0 Å². The third-order valence-electron chi connectivity index (χ3n) is 10.9. The molecule has 4 N–H and O–H groups in total. The third-order valence-corrected chi connectivity index (χ3v) is 10.9. The van der Waals surface area contributed by atoms with E-state index in [9.17, 15) is 20.1 Å². The molecule has 0 saturated heterocycles. The largest absolute Gasteiger partial charge is 0.478 e. The summed E-state index contributed by atoms with van der Waals surface area (Å²) in [6, 6.07) is 0. The highest BCUT2D eigenvalue weighted by Crippen LogP contribution is 2.68. The molecule has 4 aliphatic carbocycles. The van der Waals surface area contributed by atoms with Gasteiger partial charge in [0.25, 0.3) is 0 Å². The fourth-order valence-corrected chi connectivity index (χ4v) is 8.98. The first-order valence-corrected chi connectivity index (χ1v) is 12.9. The first-order chi connectivity index (χ1) is 15.0. The lowest BCUT2D eigenvalue weighted by molar-refractivity contribution is -0.207. The van der Waals surface area contributed by atoms with Crippen molar-refractivity contribution in [1.29, 1.82) is 0 Å². The second kappa shape index (κ2) is 8.70. The van der Waals surface area contributed by atoms with Gasteiger partial charge in [-0.1, -0.05) is 26.8 Å². The molecule has 4 aliphatic rings. The zero-order chi connectivity index (χ0) is 23.4. The van der Waals surface area contributed by atoms with E-state index in [4.69, 9.17) is 5.11 Å². The normalized spacial score (nSPS) is 49.7. The average molecular weight is 449 g/mol. The van der Waals surface area contributed by atoms with E-state index in [2.05, 4.69) is 20.8 Å². The number of fused-ring (bicyclic) bond motifs is 5. The molecule has 0 amide bonds. The number of carbonyl (C=O) groups is 1. The number of hydrogen-bond acceptors (Lipinski definition) is 4. The van der Waals surface area contributed by atoms with Gasteiger partial charge in [0.1, 0.15) is 0 Å². The van der Waals surface area contributed by atoms with E-state index >= 15 is 0 Å². The quantitative estimate of drug-likeness (QED) is 0.468. The molecule has 0 bridgehead atoms. The standard InChI is InChI=1S/C27H44O5/c1-15(6-5-7-16(2)25(31)32)19-8-9-20-24-21(14-23(30)27(19,20)4)26(3)11-10-18(28)12-17(26)13-22(24)29/h7,15,17-24,28-30H,5-6,8-14H2,1-4H3,(H,31,32)/b16-7+/t15-,17?,18?,19-,20+,21+,22?,23?,24+,26+,27-/m1/s1. The van der Waals surface area contributed by atoms with E-state index in [1.807, 2.05) is 6.08 Å². The molecule has 0 radical (unpaired) electrons. The summed E-state index contributed by atoms with van der Waals surface area (Å²) in [6.07, 6.45) is 8.88. The summed E-state index contributed by atoms with van der Waals surface area (Å²) in [6.45, 7) is 8.55. The highest BCUT2D eigenvalue weighted by atomic mass is 16.4. The Morgan fingerprint density at radius 3 is 2.47 bits per heavy atom. The molecule has 32 heavy (non-hydrogen) atoms. The molecular formula is C27H44O5. The Labute approximate surface area is 193 Å². The van der Waals surface area contributed by atoms with Gasteiger partial charge in [-0.15, -0.1) is 0 Å². The summed E-state index contributed by atoms with van der Waals surface area (Å²) < 4.78 is 0. The lowest BCUT2D eigenvalue weighted by Gasteiger charge is -2.63. The van der Waals surface area contributed by atoms with Crippen LogP contribution in [0.2, 0.25) is 0 Å². The van der Waals surface area contributed by atoms with Crippen LogP contribution in [0.1, 0.15) is 85.5 Å². The third kappa shape index (κ3) is 3.76. The molecule has 0 aliphatic heterocycles. The fourth-order valence-electron chi connectivity index (χ4n) is 8.98. The summed E-state index contributed by atoms with van der Waals surface area (Å²) in [7, 11) is 0. The van der Waals surface area contributed by atoms with Gasteiger partial charge in [0.15, 0.2) is 0 Å². The maximum atomic E-state index is 11.6. The first kappa shape index (κ1) is 24.2. The van der Waals surface area contributed by atoms with Crippen molar-refractivity contribution >= 4 is 5.97 Å². The van der Waals surface area contributed by atoms with Crippen molar-refractivity contribution in [2.24, 2.45) is 46.3 Å². The van der Waals surface area contributed by atoms with Gasteiger partial charge < -0.3 is 20.4 Å². The Kier molecular flexibility index (Phi) is 6.59. The minimum Gasteiger partial charge on any atom is -0.478 e. The molecule has 4 unspecified atom stereocenters. The van der Waals surface area contributed by atoms with Gasteiger partial charge in [-0.25, -0.2) is 4.79 Å². The van der Waals surface area contributed by atoms with Gasteiger partial charge in [0.2, 0.25) is 0 Å². The summed E-state index contributed by atoms with van der Waals surface area (Å²) in [4.78, 5) is 11.1. The minimum absolute atomic E-state index is 0.105. The van der Waals surface area contributed by atoms with Crippen molar-refractivity contribution in [2.45, 2.75) is 104 Å². The fraction of sp³-hybridized carbons (Fsp3) is 0.889. The van der Waals surface area contributed by atoms with Gasteiger partial charge in [-0.05, 0) is 111 Å². The maximum absolute atomic E-state index is 11.6. The number of carboxylic acid groups (broad SMARTS) is 1. The van der Waals surface area contributed by atoms with Crippen LogP contribution < -0.4 is 0 Å². The second-order valence-corrected chi connectivity index (χ2v) is 12.3. The van der Waals surface area contributed by atoms with Crippen molar-refractivity contribution in [3.63, 3.8) is 0 Å². The summed E-state index contributed by atoms with van der Waals surface area (Å²) in [5.41, 5.74) is 0.317. The molecule has 0 aromatic rings. The topological polar surface area (TPSA) is 98.0 Å². The summed E-state index contributed by atoms with van der Waals surface area (Å²) in [5.74, 6) is 1.20. The predicted octanol–water partition coefficient (Wildman–Crippen LogP) is 4.40. The smallest absolute Gasteiger partial charge is 0.330 e. The molecule has 5 heteroatoms. The lowest BCUT2D eigenvalue weighted by Crippen LogP contribution is -2.62. The van der Waals surface area contributed by atoms with Gasteiger partial charge in [0, 0.05) is 5.57 Å². The zero-order valence-electron chi connectivity index (χ0n) is 20.3. The Morgan fingerprint density at radius 2 is 1.78 bits per heavy atom. The number of rotatable bonds is 5. The Hall–Kier alpha value is -0.910. The maximum Gasteiger partial charge on any atom is 0.330 e. The molecule has 0 aromatic carbocycles. The molecule has 0 spiro atoms. The van der Waals surface area contributed by atoms with Gasteiger partial charge in [-0.3, -0.25) is 0 Å². The van der Waals surface area contributed by atoms with E-state index < -0.39 is 5.97 Å². The predicted molar refractivity (Wildman–Crippen MR) is 124 cm³/mol. The van der Waals surface area contributed by atoms with Crippen LogP contribution in [0.3, 0.4) is 0 Å². The molecule has 4 saturated carbocycles. The number of aliphatic hydroxyl groups excluding tert-OH is 3. The van der Waals surface area contributed by atoms with E-state index in [1.165, 1.54) is 0 Å². The van der Waals surface area contributed by atoms with E-state index in [0.717, 1.165) is 57.8 Å². The Morgan fingerprint density at radius 1 is 1.06 bits per heavy atom. The van der Waals surface area contributed by atoms with Crippen LogP contribution in [0.25, 0.3) is 0 Å². The van der Waals surface area contributed by atoms with Crippen molar-refractivity contribution < 1.29 is 25.2 Å². The molecule has 4 rings (SSSR count).